The first kappa shape index (κ1) is 26.2. The van der Waals surface area contributed by atoms with Gasteiger partial charge < -0.3 is 4.81 Å². The van der Waals surface area contributed by atoms with Gasteiger partial charge in [-0.1, -0.05) is 67.9 Å². The molecule has 0 fully saturated rings. The van der Waals surface area contributed by atoms with Gasteiger partial charge in [-0.3, -0.25) is 9.59 Å². The average Bonchev–Trinajstić information content (AvgIpc) is 3.18. The zero-order valence-electron chi connectivity index (χ0n) is 24.9. The first-order valence-corrected chi connectivity index (χ1v) is 14.5. The molecular formula is C38H32BNO2. The van der Waals surface area contributed by atoms with Crippen LogP contribution >= 0.6 is 0 Å². The van der Waals surface area contributed by atoms with Crippen LogP contribution in [0.2, 0.25) is 0 Å². The Morgan fingerprint density at radius 2 is 1.24 bits per heavy atom. The van der Waals surface area contributed by atoms with E-state index in [2.05, 4.69) is 89.9 Å². The number of aryl methyl sites for hydroxylation is 3. The van der Waals surface area contributed by atoms with E-state index in [-0.39, 0.29) is 22.6 Å². The molecule has 0 saturated heterocycles. The topological polar surface area (TPSA) is 37.4 Å². The zero-order valence-corrected chi connectivity index (χ0v) is 24.9. The van der Waals surface area contributed by atoms with Crippen LogP contribution in [-0.2, 0) is 5.41 Å². The van der Waals surface area contributed by atoms with Gasteiger partial charge in [0.15, 0.2) is 11.6 Å². The highest BCUT2D eigenvalue weighted by molar-refractivity contribution is 6.42. The SMILES string of the molecule is BN1c2ccc(C=C3C(=O)c4cc5ccccc5cc4C3=O)cc2C(C)(C)c2cc(-c3c(C)cc(C)cc3C)ccc21. The number of benzene rings is 5. The van der Waals surface area contributed by atoms with E-state index in [1.54, 1.807) is 6.08 Å². The van der Waals surface area contributed by atoms with E-state index in [0.29, 0.717) is 11.1 Å². The van der Waals surface area contributed by atoms with Gasteiger partial charge in [0.2, 0.25) is 7.98 Å². The van der Waals surface area contributed by atoms with Crippen LogP contribution in [0.15, 0.2) is 90.5 Å². The van der Waals surface area contributed by atoms with Crippen LogP contribution in [0.3, 0.4) is 0 Å². The molecule has 2 aliphatic rings. The molecule has 204 valence electrons. The predicted molar refractivity (Wildman–Crippen MR) is 176 cm³/mol. The molecule has 1 aliphatic carbocycles. The smallest absolute Gasteiger partial charge is 0.223 e. The maximum atomic E-state index is 13.4. The molecule has 1 heterocycles. The second-order valence-electron chi connectivity index (χ2n) is 12.4. The van der Waals surface area contributed by atoms with Crippen molar-refractivity contribution in [1.29, 1.82) is 0 Å². The Bertz CT molecular complexity index is 1970. The number of fused-ring (bicyclic) bond motifs is 4. The van der Waals surface area contributed by atoms with Crippen molar-refractivity contribution in [1.82, 2.24) is 0 Å². The lowest BCUT2D eigenvalue weighted by Crippen LogP contribution is -2.31. The van der Waals surface area contributed by atoms with Crippen LogP contribution in [0.1, 0.15) is 67.9 Å². The fraction of sp³-hybridized carbons (Fsp3) is 0.158. The van der Waals surface area contributed by atoms with Gasteiger partial charge in [-0.2, -0.15) is 0 Å². The number of ketones is 2. The highest BCUT2D eigenvalue weighted by Gasteiger charge is 2.36. The summed E-state index contributed by atoms with van der Waals surface area (Å²) in [5, 5.41) is 1.93. The number of hydrogen-bond donors (Lipinski definition) is 0. The van der Waals surface area contributed by atoms with Crippen LogP contribution in [0.5, 0.6) is 0 Å². The third kappa shape index (κ3) is 3.82. The Labute approximate surface area is 247 Å². The van der Waals surface area contributed by atoms with Crippen LogP contribution in [0, 0.1) is 20.8 Å². The summed E-state index contributed by atoms with van der Waals surface area (Å²) in [6, 6.07) is 29.1. The number of hydrogen-bond acceptors (Lipinski definition) is 3. The Morgan fingerprint density at radius 3 is 1.83 bits per heavy atom. The quantitative estimate of drug-likeness (QED) is 0.127. The minimum atomic E-state index is -0.293. The maximum Gasteiger partial charge on any atom is 0.223 e. The summed E-state index contributed by atoms with van der Waals surface area (Å²) in [5.74, 6) is -0.401. The molecule has 42 heavy (non-hydrogen) atoms. The van der Waals surface area contributed by atoms with E-state index < -0.39 is 0 Å². The molecule has 4 heteroatoms. The van der Waals surface area contributed by atoms with Gasteiger partial charge in [-0.25, -0.2) is 0 Å². The summed E-state index contributed by atoms with van der Waals surface area (Å²) in [6.45, 7) is 11.0. The third-order valence-corrected chi connectivity index (χ3v) is 9.23. The van der Waals surface area contributed by atoms with Crippen LogP contribution in [-0.4, -0.2) is 19.5 Å². The van der Waals surface area contributed by atoms with E-state index in [1.165, 1.54) is 44.6 Å². The Hall–Kier alpha value is -4.70. The molecule has 0 unspecified atom stereocenters. The Balaban J connectivity index is 1.31. The minimum Gasteiger partial charge on any atom is -0.393 e. The molecule has 7 rings (SSSR count). The largest absolute Gasteiger partial charge is 0.393 e. The van der Waals surface area contributed by atoms with Gasteiger partial charge in [-0.15, -0.1) is 0 Å². The van der Waals surface area contributed by atoms with Gasteiger partial charge >= 0.3 is 0 Å². The fourth-order valence-electron chi connectivity index (χ4n) is 7.14. The maximum absolute atomic E-state index is 13.4. The minimum absolute atomic E-state index is 0.200. The van der Waals surface area contributed by atoms with Gasteiger partial charge in [0, 0.05) is 27.9 Å². The molecule has 0 saturated carbocycles. The van der Waals surface area contributed by atoms with E-state index in [1.807, 2.05) is 42.5 Å². The molecular weight excluding hydrogens is 513 g/mol. The number of anilines is 2. The monoisotopic (exact) mass is 545 g/mol. The van der Waals surface area contributed by atoms with E-state index >= 15 is 0 Å². The molecule has 5 aromatic rings. The van der Waals surface area contributed by atoms with E-state index in [0.717, 1.165) is 22.0 Å². The first-order valence-electron chi connectivity index (χ1n) is 14.5. The van der Waals surface area contributed by atoms with Gasteiger partial charge in [0.25, 0.3) is 0 Å². The summed E-state index contributed by atoms with van der Waals surface area (Å²) in [5.41, 5.74) is 12.9. The van der Waals surface area contributed by atoms with Crippen LogP contribution in [0.4, 0.5) is 11.4 Å². The molecule has 0 aromatic heterocycles. The lowest BCUT2D eigenvalue weighted by atomic mass is 9.71. The second kappa shape index (κ2) is 9.16. The summed E-state index contributed by atoms with van der Waals surface area (Å²) < 4.78 is 0. The molecule has 0 atom stereocenters. The standard InChI is InChI=1S/C38H32BNO2/c1-21-14-22(2)35(23(3)15-21)27-11-13-34-32(20-27)38(4,5)31-17-24(10-12-33(31)40(34)39)16-30-36(41)28-18-25-8-6-7-9-26(25)19-29(28)37(30)42/h6-20H,39H2,1-5H3. The Kier molecular flexibility index (Phi) is 5.72. The van der Waals surface area contributed by atoms with E-state index in [9.17, 15) is 9.59 Å². The first-order chi connectivity index (χ1) is 20.0. The number of carbonyl (C=O) groups is 2. The summed E-state index contributed by atoms with van der Waals surface area (Å²) in [4.78, 5) is 29.1. The summed E-state index contributed by atoms with van der Waals surface area (Å²) in [6.07, 6.45) is 1.77. The van der Waals surface area contributed by atoms with Gasteiger partial charge in [0.1, 0.15) is 0 Å². The van der Waals surface area contributed by atoms with Crippen molar-refractivity contribution in [2.24, 2.45) is 0 Å². The zero-order chi connectivity index (χ0) is 29.5. The summed E-state index contributed by atoms with van der Waals surface area (Å²) >= 11 is 0. The van der Waals surface area contributed by atoms with Crippen molar-refractivity contribution in [3.05, 3.63) is 135 Å². The molecule has 0 radical (unpaired) electrons. The molecule has 1 aliphatic heterocycles. The second-order valence-corrected chi connectivity index (χ2v) is 12.4. The van der Waals surface area contributed by atoms with Crippen LogP contribution < -0.4 is 4.81 Å². The van der Waals surface area contributed by atoms with Crippen LogP contribution in [0.25, 0.3) is 28.0 Å². The van der Waals surface area contributed by atoms with Gasteiger partial charge in [0.05, 0.1) is 5.57 Å². The highest BCUT2D eigenvalue weighted by atomic mass is 16.2. The van der Waals surface area contributed by atoms with Crippen molar-refractivity contribution in [3.63, 3.8) is 0 Å². The highest BCUT2D eigenvalue weighted by Crippen LogP contribution is 2.50. The van der Waals surface area contributed by atoms with Crippen molar-refractivity contribution in [3.8, 4) is 11.1 Å². The molecule has 0 bridgehead atoms. The van der Waals surface area contributed by atoms with Crippen molar-refractivity contribution < 1.29 is 9.59 Å². The normalized spacial score (nSPS) is 15.1. The van der Waals surface area contributed by atoms with Crippen molar-refractivity contribution >= 4 is 47.8 Å². The molecule has 0 spiro atoms. The fourth-order valence-corrected chi connectivity index (χ4v) is 7.14. The lowest BCUT2D eigenvalue weighted by Gasteiger charge is -2.41. The lowest BCUT2D eigenvalue weighted by molar-refractivity contribution is 0.0990. The molecule has 5 aromatic carbocycles. The third-order valence-electron chi connectivity index (χ3n) is 9.23. The van der Waals surface area contributed by atoms with Gasteiger partial charge in [-0.05, 0) is 113 Å². The number of rotatable bonds is 2. The molecule has 0 N–H and O–H groups in total. The molecule has 0 amide bonds. The van der Waals surface area contributed by atoms with Crippen molar-refractivity contribution in [2.75, 3.05) is 4.81 Å². The number of carbonyl (C=O) groups excluding carboxylic acids is 2. The number of allylic oxidation sites excluding steroid dienone is 1. The number of Topliss-reactive ketones (excluding diaryl/α,β-unsaturated/α-hetero) is 2. The predicted octanol–water partition coefficient (Wildman–Crippen LogP) is 8.22. The molecule has 3 nitrogen and oxygen atoms in total. The van der Waals surface area contributed by atoms with E-state index in [4.69, 9.17) is 0 Å². The summed E-state index contributed by atoms with van der Waals surface area (Å²) in [7, 11) is 2.11. The Morgan fingerprint density at radius 1 is 0.690 bits per heavy atom. The average molecular weight is 545 g/mol. The number of nitrogens with zero attached hydrogens (tertiary/aromatic N) is 1. The van der Waals surface area contributed by atoms with Crippen molar-refractivity contribution in [2.45, 2.75) is 40.0 Å².